The van der Waals surface area contributed by atoms with Crippen molar-refractivity contribution in [2.75, 3.05) is 19.4 Å². The van der Waals surface area contributed by atoms with E-state index in [0.717, 1.165) is 17.7 Å². The summed E-state index contributed by atoms with van der Waals surface area (Å²) >= 11 is 0. The molecule has 2 aromatic carbocycles. The van der Waals surface area contributed by atoms with Gasteiger partial charge in [0.05, 0.1) is 12.7 Å². The van der Waals surface area contributed by atoms with Gasteiger partial charge in [-0.25, -0.2) is 0 Å². The van der Waals surface area contributed by atoms with Crippen LogP contribution in [0.5, 0.6) is 5.75 Å². The summed E-state index contributed by atoms with van der Waals surface area (Å²) in [4.78, 5) is 14.5. The third-order valence-corrected chi connectivity index (χ3v) is 3.87. The minimum absolute atomic E-state index is 0.000486. The summed E-state index contributed by atoms with van der Waals surface area (Å²) in [5.74, 6) is 0.612. The van der Waals surface area contributed by atoms with E-state index in [9.17, 15) is 4.79 Å². The molecule has 0 radical (unpaired) electrons. The molecule has 4 nitrogen and oxygen atoms in total. The van der Waals surface area contributed by atoms with Crippen LogP contribution in [0.25, 0.3) is 0 Å². The SMILES string of the molecule is COc1ccccc1C(=O)N1CCc2ccc(N)cc2C1. The minimum atomic E-state index is 0.000486. The van der Waals surface area contributed by atoms with Gasteiger partial charge in [0.1, 0.15) is 5.75 Å². The number of para-hydroxylation sites is 1. The molecule has 1 heterocycles. The van der Waals surface area contributed by atoms with Gasteiger partial charge in [-0.1, -0.05) is 18.2 Å². The van der Waals surface area contributed by atoms with Gasteiger partial charge < -0.3 is 15.4 Å². The number of anilines is 1. The van der Waals surface area contributed by atoms with Crippen LogP contribution >= 0.6 is 0 Å². The molecule has 0 spiro atoms. The number of methoxy groups -OCH3 is 1. The molecule has 0 atom stereocenters. The number of nitrogen functional groups attached to an aromatic ring is 1. The lowest BCUT2D eigenvalue weighted by Gasteiger charge is -2.29. The zero-order chi connectivity index (χ0) is 14.8. The van der Waals surface area contributed by atoms with Gasteiger partial charge in [0.2, 0.25) is 0 Å². The molecule has 1 aliphatic rings. The number of ether oxygens (including phenoxy) is 1. The molecule has 0 saturated heterocycles. The number of benzene rings is 2. The molecule has 3 rings (SSSR count). The first-order chi connectivity index (χ1) is 10.2. The number of hydrogen-bond donors (Lipinski definition) is 1. The van der Waals surface area contributed by atoms with Crippen molar-refractivity contribution in [3.05, 3.63) is 59.2 Å². The molecule has 1 aliphatic heterocycles. The van der Waals surface area contributed by atoms with Crippen molar-refractivity contribution >= 4 is 11.6 Å². The summed E-state index contributed by atoms with van der Waals surface area (Å²) < 4.78 is 5.28. The van der Waals surface area contributed by atoms with E-state index in [1.807, 2.05) is 35.2 Å². The molecule has 2 N–H and O–H groups in total. The highest BCUT2D eigenvalue weighted by Gasteiger charge is 2.23. The molecule has 0 fully saturated rings. The van der Waals surface area contributed by atoms with Gasteiger partial charge in [-0.05, 0) is 41.8 Å². The van der Waals surface area contributed by atoms with Gasteiger partial charge in [0.15, 0.2) is 0 Å². The van der Waals surface area contributed by atoms with Crippen LogP contribution in [-0.2, 0) is 13.0 Å². The van der Waals surface area contributed by atoms with Crippen LogP contribution in [0, 0.1) is 0 Å². The average Bonchev–Trinajstić information content (AvgIpc) is 2.53. The summed E-state index contributed by atoms with van der Waals surface area (Å²) in [6, 6.07) is 13.2. The van der Waals surface area contributed by atoms with Gasteiger partial charge in [-0.15, -0.1) is 0 Å². The van der Waals surface area contributed by atoms with E-state index in [0.29, 0.717) is 24.4 Å². The maximum atomic E-state index is 12.7. The fourth-order valence-corrected chi connectivity index (χ4v) is 2.74. The van der Waals surface area contributed by atoms with Crippen molar-refractivity contribution < 1.29 is 9.53 Å². The summed E-state index contributed by atoms with van der Waals surface area (Å²) in [5.41, 5.74) is 9.58. The minimum Gasteiger partial charge on any atom is -0.496 e. The Bertz CT molecular complexity index is 682. The third-order valence-electron chi connectivity index (χ3n) is 3.87. The summed E-state index contributed by atoms with van der Waals surface area (Å²) in [7, 11) is 1.58. The highest BCUT2D eigenvalue weighted by atomic mass is 16.5. The van der Waals surface area contributed by atoms with Crippen LogP contribution in [0.2, 0.25) is 0 Å². The van der Waals surface area contributed by atoms with Crippen LogP contribution in [-0.4, -0.2) is 24.5 Å². The van der Waals surface area contributed by atoms with Gasteiger partial charge in [0.25, 0.3) is 5.91 Å². The van der Waals surface area contributed by atoms with E-state index in [2.05, 4.69) is 6.07 Å². The fourth-order valence-electron chi connectivity index (χ4n) is 2.74. The van der Waals surface area contributed by atoms with Crippen LogP contribution in [0.15, 0.2) is 42.5 Å². The van der Waals surface area contributed by atoms with Gasteiger partial charge >= 0.3 is 0 Å². The Hall–Kier alpha value is -2.49. The van der Waals surface area contributed by atoms with Crippen molar-refractivity contribution in [3.63, 3.8) is 0 Å². The molecule has 21 heavy (non-hydrogen) atoms. The van der Waals surface area contributed by atoms with Crippen molar-refractivity contribution in [2.45, 2.75) is 13.0 Å². The first kappa shape index (κ1) is 13.5. The number of amides is 1. The van der Waals surface area contributed by atoms with E-state index in [4.69, 9.17) is 10.5 Å². The molecule has 108 valence electrons. The Morgan fingerprint density at radius 1 is 1.19 bits per heavy atom. The molecule has 0 saturated carbocycles. The van der Waals surface area contributed by atoms with E-state index >= 15 is 0 Å². The number of rotatable bonds is 2. The molecule has 0 unspecified atom stereocenters. The number of nitrogens with two attached hydrogens (primary N) is 1. The monoisotopic (exact) mass is 282 g/mol. The van der Waals surface area contributed by atoms with E-state index in [-0.39, 0.29) is 5.91 Å². The predicted molar refractivity (Wildman–Crippen MR) is 82.3 cm³/mol. The second kappa shape index (κ2) is 5.48. The van der Waals surface area contributed by atoms with E-state index in [1.54, 1.807) is 13.2 Å². The largest absolute Gasteiger partial charge is 0.496 e. The van der Waals surface area contributed by atoms with Crippen LogP contribution in [0.1, 0.15) is 21.5 Å². The molecule has 0 aliphatic carbocycles. The van der Waals surface area contributed by atoms with Crippen molar-refractivity contribution in [3.8, 4) is 5.75 Å². The van der Waals surface area contributed by atoms with Crippen LogP contribution in [0.4, 0.5) is 5.69 Å². The average molecular weight is 282 g/mol. The Morgan fingerprint density at radius 2 is 2.00 bits per heavy atom. The lowest BCUT2D eigenvalue weighted by Crippen LogP contribution is -2.36. The third kappa shape index (κ3) is 2.57. The number of fused-ring (bicyclic) bond motifs is 1. The lowest BCUT2D eigenvalue weighted by atomic mass is 9.98. The number of hydrogen-bond acceptors (Lipinski definition) is 3. The van der Waals surface area contributed by atoms with Gasteiger partial charge in [0, 0.05) is 18.8 Å². The Morgan fingerprint density at radius 3 is 2.81 bits per heavy atom. The van der Waals surface area contributed by atoms with Crippen molar-refractivity contribution in [1.29, 1.82) is 0 Å². The fraction of sp³-hybridized carbons (Fsp3) is 0.235. The molecular weight excluding hydrogens is 264 g/mol. The maximum absolute atomic E-state index is 12.7. The standard InChI is InChI=1S/C17H18N2O2/c1-21-16-5-3-2-4-15(16)17(20)19-9-8-12-6-7-14(18)10-13(12)11-19/h2-7,10H,8-9,11,18H2,1H3. The quantitative estimate of drug-likeness (QED) is 0.861. The van der Waals surface area contributed by atoms with Crippen LogP contribution in [0.3, 0.4) is 0 Å². The van der Waals surface area contributed by atoms with Crippen molar-refractivity contribution in [1.82, 2.24) is 4.90 Å². The zero-order valence-electron chi connectivity index (χ0n) is 12.0. The van der Waals surface area contributed by atoms with E-state index < -0.39 is 0 Å². The molecular formula is C17H18N2O2. The number of carbonyl (C=O) groups excluding carboxylic acids is 1. The second-order valence-corrected chi connectivity index (χ2v) is 5.21. The molecule has 0 aromatic heterocycles. The van der Waals surface area contributed by atoms with Crippen molar-refractivity contribution in [2.24, 2.45) is 0 Å². The highest BCUT2D eigenvalue weighted by Crippen LogP contribution is 2.25. The smallest absolute Gasteiger partial charge is 0.257 e. The first-order valence-corrected chi connectivity index (χ1v) is 6.98. The zero-order valence-corrected chi connectivity index (χ0v) is 12.0. The highest BCUT2D eigenvalue weighted by molar-refractivity contribution is 5.97. The molecule has 2 aromatic rings. The maximum Gasteiger partial charge on any atom is 0.257 e. The Balaban J connectivity index is 1.87. The second-order valence-electron chi connectivity index (χ2n) is 5.21. The lowest BCUT2D eigenvalue weighted by molar-refractivity contribution is 0.0731. The Labute approximate surface area is 124 Å². The number of carbonyl (C=O) groups is 1. The first-order valence-electron chi connectivity index (χ1n) is 6.98. The predicted octanol–water partition coefficient (Wildman–Crippen LogP) is 2.48. The summed E-state index contributed by atoms with van der Waals surface area (Å²) in [5, 5.41) is 0. The molecule has 0 bridgehead atoms. The van der Waals surface area contributed by atoms with E-state index in [1.165, 1.54) is 5.56 Å². The topological polar surface area (TPSA) is 55.6 Å². The normalized spacial score (nSPS) is 13.7. The summed E-state index contributed by atoms with van der Waals surface area (Å²) in [6.07, 6.45) is 0.858. The molecule has 4 heteroatoms. The molecule has 1 amide bonds. The summed E-state index contributed by atoms with van der Waals surface area (Å²) in [6.45, 7) is 1.31. The van der Waals surface area contributed by atoms with Crippen LogP contribution < -0.4 is 10.5 Å². The Kier molecular flexibility index (Phi) is 3.52. The van der Waals surface area contributed by atoms with Gasteiger partial charge in [-0.2, -0.15) is 0 Å². The van der Waals surface area contributed by atoms with Gasteiger partial charge in [-0.3, -0.25) is 4.79 Å². The number of nitrogens with zero attached hydrogens (tertiary/aromatic N) is 1.